The van der Waals surface area contributed by atoms with Gasteiger partial charge in [0.25, 0.3) is 0 Å². The molecule has 0 spiro atoms. The van der Waals surface area contributed by atoms with Gasteiger partial charge in [-0.15, -0.1) is 0 Å². The smallest absolute Gasteiger partial charge is 0.493 e. The summed E-state index contributed by atoms with van der Waals surface area (Å²) in [5.41, 5.74) is 0.842. The van der Waals surface area contributed by atoms with Crippen LogP contribution in [-0.4, -0.2) is 74.2 Å². The molecule has 270 valence electrons. The molecule has 0 aromatic heterocycles. The zero-order valence-corrected chi connectivity index (χ0v) is 30.9. The van der Waals surface area contributed by atoms with E-state index in [1.165, 1.54) is 44.6 Å². The zero-order chi connectivity index (χ0) is 34.4. The molecule has 0 heterocycles. The number of carbonyl (C=O) groups excluding carboxylic acids is 2. The second-order valence-corrected chi connectivity index (χ2v) is 14.0. The van der Waals surface area contributed by atoms with Crippen molar-refractivity contribution in [2.45, 2.75) is 117 Å². The summed E-state index contributed by atoms with van der Waals surface area (Å²) in [6, 6.07) is 6.26. The van der Waals surface area contributed by atoms with E-state index in [1.54, 1.807) is 13.2 Å². The normalized spacial score (nSPS) is 11.5. The van der Waals surface area contributed by atoms with E-state index in [1.807, 2.05) is 39.0 Å². The van der Waals surface area contributed by atoms with Crippen LogP contribution in [0.25, 0.3) is 6.08 Å². The van der Waals surface area contributed by atoms with Gasteiger partial charge in [-0.05, 0) is 83.1 Å². The molecule has 1 aromatic carbocycles. The fourth-order valence-electron chi connectivity index (χ4n) is 4.98. The second kappa shape index (κ2) is 28.4. The fourth-order valence-corrected chi connectivity index (χ4v) is 7.60. The summed E-state index contributed by atoms with van der Waals surface area (Å²) in [4.78, 5) is 24.2. The van der Waals surface area contributed by atoms with Crippen molar-refractivity contribution in [2.24, 2.45) is 0 Å². The maximum atomic E-state index is 12.2. The van der Waals surface area contributed by atoms with Gasteiger partial charge in [0.05, 0.1) is 26.9 Å². The van der Waals surface area contributed by atoms with E-state index >= 15 is 0 Å². The maximum absolute atomic E-state index is 12.2. The standard InChI is InChI=1S/C36H63NO9Si/c1-6-10-11-12-13-14-15-18-27-41-34-31-32(22-24-33(34)40-5)23-25-35(38)42-28-19-16-17-20-29-43-36(39)37-26-21-30-47(44-7-2,45-8-3)46-9-4/h22-25,31H,6-21,26-30H2,1-5H3,(H,37,39)/b25-23+. The van der Waals surface area contributed by atoms with E-state index in [4.69, 9.17) is 32.2 Å². The summed E-state index contributed by atoms with van der Waals surface area (Å²) in [6.45, 7) is 11.4. The molecule has 47 heavy (non-hydrogen) atoms. The Balaban J connectivity index is 2.19. The number of hydrogen-bond acceptors (Lipinski definition) is 9. The minimum absolute atomic E-state index is 0.343. The molecular weight excluding hydrogens is 618 g/mol. The topological polar surface area (TPSA) is 111 Å². The van der Waals surface area contributed by atoms with Crippen molar-refractivity contribution in [3.63, 3.8) is 0 Å². The molecule has 1 rings (SSSR count). The molecule has 1 amide bonds. The Hall–Kier alpha value is -2.60. The molecule has 0 fully saturated rings. The number of hydrogen-bond donors (Lipinski definition) is 1. The summed E-state index contributed by atoms with van der Waals surface area (Å²) in [5, 5.41) is 2.78. The first kappa shape index (κ1) is 42.4. The van der Waals surface area contributed by atoms with E-state index in [2.05, 4.69) is 12.2 Å². The molecular formula is C36H63NO9Si. The third kappa shape index (κ3) is 21.1. The fraction of sp³-hybridized carbons (Fsp3) is 0.722. The van der Waals surface area contributed by atoms with E-state index in [0.29, 0.717) is 70.1 Å². The van der Waals surface area contributed by atoms with E-state index in [9.17, 15) is 9.59 Å². The van der Waals surface area contributed by atoms with Crippen molar-refractivity contribution in [3.8, 4) is 11.5 Å². The van der Waals surface area contributed by atoms with Crippen LogP contribution >= 0.6 is 0 Å². The number of esters is 1. The molecule has 0 saturated heterocycles. The quantitative estimate of drug-likeness (QED) is 0.0370. The number of unbranched alkanes of at least 4 members (excludes halogenated alkanes) is 10. The Morgan fingerprint density at radius 3 is 1.87 bits per heavy atom. The van der Waals surface area contributed by atoms with Gasteiger partial charge in [0.15, 0.2) is 11.5 Å². The molecule has 10 nitrogen and oxygen atoms in total. The molecule has 0 unspecified atom stereocenters. The Labute approximate surface area is 285 Å². The van der Waals surface area contributed by atoms with Crippen molar-refractivity contribution >= 4 is 26.9 Å². The van der Waals surface area contributed by atoms with Gasteiger partial charge >= 0.3 is 20.9 Å². The summed E-state index contributed by atoms with van der Waals surface area (Å²) in [7, 11) is -1.07. The van der Waals surface area contributed by atoms with Crippen molar-refractivity contribution in [1.82, 2.24) is 5.32 Å². The monoisotopic (exact) mass is 681 g/mol. The number of rotatable bonds is 30. The van der Waals surface area contributed by atoms with E-state index < -0.39 is 14.9 Å². The first-order valence-corrected chi connectivity index (χ1v) is 19.8. The van der Waals surface area contributed by atoms with Crippen LogP contribution in [0.3, 0.4) is 0 Å². The van der Waals surface area contributed by atoms with Gasteiger partial charge in [0, 0.05) is 38.5 Å². The van der Waals surface area contributed by atoms with E-state index in [-0.39, 0.29) is 5.97 Å². The molecule has 1 N–H and O–H groups in total. The summed E-state index contributed by atoms with van der Waals surface area (Å²) < 4.78 is 39.5. The first-order chi connectivity index (χ1) is 22.9. The third-order valence-electron chi connectivity index (χ3n) is 7.39. The number of ether oxygens (including phenoxy) is 4. The number of carbonyl (C=O) groups is 2. The average molecular weight is 682 g/mol. The number of benzene rings is 1. The lowest BCUT2D eigenvalue weighted by molar-refractivity contribution is -0.137. The van der Waals surface area contributed by atoms with Crippen LogP contribution in [0.15, 0.2) is 24.3 Å². The lowest BCUT2D eigenvalue weighted by atomic mass is 10.1. The molecule has 0 bridgehead atoms. The summed E-state index contributed by atoms with van der Waals surface area (Å²) in [6.07, 6.45) is 16.6. The maximum Gasteiger partial charge on any atom is 0.500 e. The number of amides is 1. The number of nitrogens with one attached hydrogen (secondary N) is 1. The summed E-state index contributed by atoms with van der Waals surface area (Å²) in [5.74, 6) is 0.973. The van der Waals surface area contributed by atoms with Gasteiger partial charge in [0.2, 0.25) is 0 Å². The second-order valence-electron chi connectivity index (χ2n) is 11.3. The number of alkyl carbamates (subject to hydrolysis) is 1. The Bertz CT molecular complexity index is 959. The lowest BCUT2D eigenvalue weighted by Crippen LogP contribution is -2.46. The molecule has 0 atom stereocenters. The SMILES string of the molecule is CCCCCCCCCCOc1cc(/C=C/C(=O)OCCCCCCOC(=O)NCCC[Si](OCC)(OCC)OCC)ccc1OC. The zero-order valence-electron chi connectivity index (χ0n) is 29.9. The van der Waals surface area contributed by atoms with Gasteiger partial charge in [-0.25, -0.2) is 9.59 Å². The highest BCUT2D eigenvalue weighted by molar-refractivity contribution is 6.60. The third-order valence-corrected chi connectivity index (χ3v) is 10.5. The van der Waals surface area contributed by atoms with Gasteiger partial charge < -0.3 is 37.5 Å². The van der Waals surface area contributed by atoms with Gasteiger partial charge in [-0.2, -0.15) is 0 Å². The highest BCUT2D eigenvalue weighted by Crippen LogP contribution is 2.29. The van der Waals surface area contributed by atoms with Gasteiger partial charge in [-0.1, -0.05) is 57.9 Å². The molecule has 0 saturated carbocycles. The van der Waals surface area contributed by atoms with Crippen molar-refractivity contribution in [1.29, 1.82) is 0 Å². The predicted molar refractivity (Wildman–Crippen MR) is 189 cm³/mol. The van der Waals surface area contributed by atoms with E-state index in [0.717, 1.165) is 44.1 Å². The Kier molecular flexibility index (Phi) is 25.6. The van der Waals surface area contributed by atoms with Crippen LogP contribution in [0, 0.1) is 0 Å². The van der Waals surface area contributed by atoms with Crippen LogP contribution in [-0.2, 0) is 27.5 Å². The van der Waals surface area contributed by atoms with Crippen LogP contribution in [0.2, 0.25) is 6.04 Å². The molecule has 0 radical (unpaired) electrons. The Morgan fingerprint density at radius 1 is 0.702 bits per heavy atom. The highest BCUT2D eigenvalue weighted by atomic mass is 28.4. The Morgan fingerprint density at radius 2 is 1.28 bits per heavy atom. The first-order valence-electron chi connectivity index (χ1n) is 17.9. The van der Waals surface area contributed by atoms with Crippen molar-refractivity contribution in [2.75, 3.05) is 53.3 Å². The molecule has 1 aromatic rings. The average Bonchev–Trinajstić information content (AvgIpc) is 3.06. The lowest BCUT2D eigenvalue weighted by Gasteiger charge is -2.28. The number of methoxy groups -OCH3 is 1. The minimum atomic E-state index is -2.70. The molecule has 0 aliphatic rings. The summed E-state index contributed by atoms with van der Waals surface area (Å²) >= 11 is 0. The van der Waals surface area contributed by atoms with Crippen molar-refractivity contribution in [3.05, 3.63) is 29.8 Å². The largest absolute Gasteiger partial charge is 0.500 e. The van der Waals surface area contributed by atoms with Gasteiger partial charge in [-0.3, -0.25) is 0 Å². The van der Waals surface area contributed by atoms with Crippen molar-refractivity contribution < 1.29 is 41.8 Å². The van der Waals surface area contributed by atoms with Crippen LogP contribution < -0.4 is 14.8 Å². The van der Waals surface area contributed by atoms with Crippen LogP contribution in [0.5, 0.6) is 11.5 Å². The molecule has 0 aliphatic heterocycles. The van der Waals surface area contributed by atoms with Crippen LogP contribution in [0.1, 0.15) is 117 Å². The van der Waals surface area contributed by atoms with Gasteiger partial charge in [0.1, 0.15) is 0 Å². The molecule has 11 heteroatoms. The molecule has 0 aliphatic carbocycles. The van der Waals surface area contributed by atoms with Crippen LogP contribution in [0.4, 0.5) is 4.79 Å². The highest BCUT2D eigenvalue weighted by Gasteiger charge is 2.39. The predicted octanol–water partition coefficient (Wildman–Crippen LogP) is 8.50. The minimum Gasteiger partial charge on any atom is -0.493 e.